The standard InChI is InChI=1S/C21H23NO2/c1-14-11-15(2)13-22(12-14)21(23)20-16-7-3-5-9-18(16)24-19-10-6-4-8-17(19)20/h3-10,14-15,20H,11-13H2,1-2H3/t14-,15-/m1/s1. The summed E-state index contributed by atoms with van der Waals surface area (Å²) in [6.45, 7) is 6.18. The number of hydrogen-bond donors (Lipinski definition) is 0. The van der Waals surface area contributed by atoms with E-state index >= 15 is 0 Å². The molecule has 4 rings (SSSR count). The lowest BCUT2D eigenvalue weighted by molar-refractivity contribution is -0.134. The highest BCUT2D eigenvalue weighted by atomic mass is 16.5. The highest BCUT2D eigenvalue weighted by molar-refractivity contribution is 5.89. The number of fused-ring (bicyclic) bond motifs is 2. The van der Waals surface area contributed by atoms with Gasteiger partial charge in [-0.2, -0.15) is 0 Å². The van der Waals surface area contributed by atoms with Gasteiger partial charge in [0.15, 0.2) is 0 Å². The zero-order valence-corrected chi connectivity index (χ0v) is 14.2. The van der Waals surface area contributed by atoms with Crippen molar-refractivity contribution >= 4 is 5.91 Å². The Morgan fingerprint density at radius 2 is 1.42 bits per heavy atom. The van der Waals surface area contributed by atoms with Gasteiger partial charge in [-0.05, 0) is 30.4 Å². The van der Waals surface area contributed by atoms with Crippen molar-refractivity contribution in [3.05, 3.63) is 59.7 Å². The van der Waals surface area contributed by atoms with Gasteiger partial charge in [0, 0.05) is 24.2 Å². The number of rotatable bonds is 1. The van der Waals surface area contributed by atoms with E-state index in [0.717, 1.165) is 35.7 Å². The lowest BCUT2D eigenvalue weighted by Crippen LogP contribution is -2.45. The van der Waals surface area contributed by atoms with Crippen LogP contribution in [0.25, 0.3) is 0 Å². The van der Waals surface area contributed by atoms with E-state index < -0.39 is 0 Å². The minimum atomic E-state index is -0.261. The number of para-hydroxylation sites is 2. The van der Waals surface area contributed by atoms with Gasteiger partial charge in [0.05, 0.1) is 5.92 Å². The van der Waals surface area contributed by atoms with E-state index in [4.69, 9.17) is 4.74 Å². The molecule has 0 unspecified atom stereocenters. The first kappa shape index (κ1) is 15.3. The third kappa shape index (κ3) is 2.58. The molecule has 2 heterocycles. The van der Waals surface area contributed by atoms with E-state index in [0.29, 0.717) is 11.8 Å². The Balaban J connectivity index is 1.75. The molecule has 124 valence electrons. The Bertz CT molecular complexity index is 714. The molecule has 24 heavy (non-hydrogen) atoms. The number of amides is 1. The fourth-order valence-electron chi connectivity index (χ4n) is 4.20. The molecule has 0 bridgehead atoms. The second kappa shape index (κ2) is 5.97. The quantitative estimate of drug-likeness (QED) is 0.777. The molecule has 1 amide bonds. The molecule has 3 heteroatoms. The van der Waals surface area contributed by atoms with Gasteiger partial charge in [0.25, 0.3) is 0 Å². The number of likely N-dealkylation sites (tertiary alicyclic amines) is 1. The summed E-state index contributed by atoms with van der Waals surface area (Å²) < 4.78 is 6.02. The van der Waals surface area contributed by atoms with Crippen molar-refractivity contribution in [1.82, 2.24) is 4.90 Å². The van der Waals surface area contributed by atoms with Crippen molar-refractivity contribution in [2.45, 2.75) is 26.2 Å². The summed E-state index contributed by atoms with van der Waals surface area (Å²) >= 11 is 0. The van der Waals surface area contributed by atoms with Crippen LogP contribution >= 0.6 is 0 Å². The zero-order valence-electron chi connectivity index (χ0n) is 14.2. The molecule has 0 saturated carbocycles. The Hall–Kier alpha value is -2.29. The van der Waals surface area contributed by atoms with Crippen LogP contribution in [-0.2, 0) is 4.79 Å². The molecule has 2 aliphatic rings. The number of hydrogen-bond acceptors (Lipinski definition) is 2. The lowest BCUT2D eigenvalue weighted by atomic mass is 9.85. The molecular weight excluding hydrogens is 298 g/mol. The van der Waals surface area contributed by atoms with E-state index in [-0.39, 0.29) is 11.8 Å². The molecular formula is C21H23NO2. The Kier molecular flexibility index (Phi) is 3.79. The molecule has 2 aromatic rings. The average Bonchev–Trinajstić information content (AvgIpc) is 2.58. The number of piperidine rings is 1. The molecule has 1 fully saturated rings. The first-order valence-corrected chi connectivity index (χ1v) is 8.78. The van der Waals surface area contributed by atoms with Crippen LogP contribution in [0.4, 0.5) is 0 Å². The van der Waals surface area contributed by atoms with Crippen LogP contribution in [0, 0.1) is 11.8 Å². The van der Waals surface area contributed by atoms with Crippen molar-refractivity contribution in [1.29, 1.82) is 0 Å². The molecule has 0 aliphatic carbocycles. The number of benzene rings is 2. The van der Waals surface area contributed by atoms with E-state index in [1.54, 1.807) is 0 Å². The predicted octanol–water partition coefficient (Wildman–Crippen LogP) is 4.43. The SMILES string of the molecule is C[C@@H]1C[C@@H](C)CN(C(=O)C2c3ccccc3Oc3ccccc32)C1. The van der Waals surface area contributed by atoms with Crippen LogP contribution < -0.4 is 4.74 Å². The maximum atomic E-state index is 13.4. The van der Waals surface area contributed by atoms with Gasteiger partial charge in [-0.15, -0.1) is 0 Å². The normalized spacial score (nSPS) is 23.2. The topological polar surface area (TPSA) is 29.5 Å². The van der Waals surface area contributed by atoms with Crippen molar-refractivity contribution in [3.8, 4) is 11.5 Å². The Morgan fingerprint density at radius 3 is 1.96 bits per heavy atom. The number of nitrogens with zero attached hydrogens (tertiary/aromatic N) is 1. The van der Waals surface area contributed by atoms with Gasteiger partial charge in [-0.25, -0.2) is 0 Å². The van der Waals surface area contributed by atoms with Crippen LogP contribution in [0.3, 0.4) is 0 Å². The molecule has 0 aromatic heterocycles. The van der Waals surface area contributed by atoms with Crippen molar-refractivity contribution in [3.63, 3.8) is 0 Å². The Labute approximate surface area is 143 Å². The van der Waals surface area contributed by atoms with Crippen LogP contribution in [0.5, 0.6) is 11.5 Å². The zero-order chi connectivity index (χ0) is 16.7. The number of carbonyl (C=O) groups is 1. The smallest absolute Gasteiger partial charge is 0.234 e. The van der Waals surface area contributed by atoms with Crippen LogP contribution in [0.15, 0.2) is 48.5 Å². The van der Waals surface area contributed by atoms with E-state index in [9.17, 15) is 4.79 Å². The second-order valence-electron chi connectivity index (χ2n) is 7.30. The summed E-state index contributed by atoms with van der Waals surface area (Å²) in [6, 6.07) is 15.8. The van der Waals surface area contributed by atoms with Crippen LogP contribution in [0.1, 0.15) is 37.3 Å². The fourth-order valence-corrected chi connectivity index (χ4v) is 4.20. The van der Waals surface area contributed by atoms with Gasteiger partial charge >= 0.3 is 0 Å². The van der Waals surface area contributed by atoms with Crippen LogP contribution in [0.2, 0.25) is 0 Å². The monoisotopic (exact) mass is 321 g/mol. The maximum absolute atomic E-state index is 13.4. The Morgan fingerprint density at radius 1 is 0.917 bits per heavy atom. The van der Waals surface area contributed by atoms with Crippen molar-refractivity contribution in [2.24, 2.45) is 11.8 Å². The average molecular weight is 321 g/mol. The van der Waals surface area contributed by atoms with Crippen molar-refractivity contribution < 1.29 is 9.53 Å². The lowest BCUT2D eigenvalue weighted by Gasteiger charge is -2.38. The molecule has 2 aliphatic heterocycles. The molecule has 2 atom stereocenters. The largest absolute Gasteiger partial charge is 0.457 e. The number of carbonyl (C=O) groups excluding carboxylic acids is 1. The van der Waals surface area contributed by atoms with Gasteiger partial charge in [-0.3, -0.25) is 4.79 Å². The van der Waals surface area contributed by atoms with E-state index in [1.165, 1.54) is 6.42 Å². The minimum Gasteiger partial charge on any atom is -0.457 e. The third-order valence-corrected chi connectivity index (χ3v) is 5.11. The maximum Gasteiger partial charge on any atom is 0.234 e. The van der Waals surface area contributed by atoms with Gasteiger partial charge in [0.1, 0.15) is 11.5 Å². The highest BCUT2D eigenvalue weighted by Gasteiger charge is 2.37. The summed E-state index contributed by atoms with van der Waals surface area (Å²) in [7, 11) is 0. The van der Waals surface area contributed by atoms with Gasteiger partial charge in [-0.1, -0.05) is 50.2 Å². The summed E-state index contributed by atoms with van der Waals surface area (Å²) in [5.74, 6) is 2.66. The molecule has 3 nitrogen and oxygen atoms in total. The molecule has 0 radical (unpaired) electrons. The first-order valence-electron chi connectivity index (χ1n) is 8.78. The minimum absolute atomic E-state index is 0.205. The molecule has 1 saturated heterocycles. The molecule has 0 spiro atoms. The predicted molar refractivity (Wildman–Crippen MR) is 94.3 cm³/mol. The van der Waals surface area contributed by atoms with Crippen molar-refractivity contribution in [2.75, 3.05) is 13.1 Å². The summed E-state index contributed by atoms with van der Waals surface area (Å²) in [6.07, 6.45) is 1.20. The molecule has 0 N–H and O–H groups in total. The fraction of sp³-hybridized carbons (Fsp3) is 0.381. The van der Waals surface area contributed by atoms with E-state index in [1.807, 2.05) is 48.5 Å². The van der Waals surface area contributed by atoms with Gasteiger partial charge < -0.3 is 9.64 Å². The van der Waals surface area contributed by atoms with Crippen LogP contribution in [-0.4, -0.2) is 23.9 Å². The highest BCUT2D eigenvalue weighted by Crippen LogP contribution is 2.45. The third-order valence-electron chi connectivity index (χ3n) is 5.11. The van der Waals surface area contributed by atoms with Gasteiger partial charge in [0.2, 0.25) is 5.91 Å². The molecule has 2 aromatic carbocycles. The first-order chi connectivity index (χ1) is 11.6. The summed E-state index contributed by atoms with van der Waals surface area (Å²) in [5, 5.41) is 0. The van der Waals surface area contributed by atoms with E-state index in [2.05, 4.69) is 18.7 Å². The number of ether oxygens (including phenoxy) is 1. The summed E-state index contributed by atoms with van der Waals surface area (Å²) in [5.41, 5.74) is 1.96. The summed E-state index contributed by atoms with van der Waals surface area (Å²) in [4.78, 5) is 15.5. The second-order valence-corrected chi connectivity index (χ2v) is 7.30.